The molecule has 0 spiro atoms. The zero-order valence-electron chi connectivity index (χ0n) is 19.6. The van der Waals surface area contributed by atoms with E-state index in [1.807, 2.05) is 0 Å². The van der Waals surface area contributed by atoms with Crippen LogP contribution >= 0.6 is 46.1 Å². The summed E-state index contributed by atoms with van der Waals surface area (Å²) in [5, 5.41) is 1.40. The SMILES string of the molecule is CCOC(=O)C1=C(C)N=c2s/c(=C\c3ccc(-c4ccc(Cl)cc4Cl)o3)c(=O)n2C1c1ccccc1Cl. The molecule has 3 heterocycles. The van der Waals surface area contributed by atoms with Crippen molar-refractivity contribution in [3.63, 3.8) is 0 Å². The van der Waals surface area contributed by atoms with Crippen LogP contribution in [-0.2, 0) is 9.53 Å². The molecule has 0 bridgehead atoms. The van der Waals surface area contributed by atoms with Gasteiger partial charge in [0.15, 0.2) is 4.80 Å². The predicted octanol–water partition coefficient (Wildman–Crippen LogP) is 6.02. The van der Waals surface area contributed by atoms with Gasteiger partial charge in [-0.15, -0.1) is 0 Å². The smallest absolute Gasteiger partial charge is 0.338 e. The molecule has 37 heavy (non-hydrogen) atoms. The van der Waals surface area contributed by atoms with Crippen molar-refractivity contribution in [3.8, 4) is 11.3 Å². The van der Waals surface area contributed by atoms with Gasteiger partial charge in [0.05, 0.1) is 27.4 Å². The van der Waals surface area contributed by atoms with E-state index >= 15 is 0 Å². The quantitative estimate of drug-likeness (QED) is 0.274. The van der Waals surface area contributed by atoms with Gasteiger partial charge in [-0.05, 0) is 55.8 Å². The number of fused-ring (bicyclic) bond motifs is 1. The van der Waals surface area contributed by atoms with Crippen molar-refractivity contribution in [1.29, 1.82) is 0 Å². The second-order valence-corrected chi connectivity index (χ2v) is 10.4. The fraction of sp³-hybridized carbons (Fsp3) is 0.148. The molecule has 1 unspecified atom stereocenters. The number of allylic oxidation sites excluding steroid dienone is 1. The van der Waals surface area contributed by atoms with Crippen LogP contribution in [0.5, 0.6) is 0 Å². The maximum absolute atomic E-state index is 13.7. The third-order valence-electron chi connectivity index (χ3n) is 5.81. The van der Waals surface area contributed by atoms with Gasteiger partial charge in [-0.1, -0.05) is 64.3 Å². The summed E-state index contributed by atoms with van der Waals surface area (Å²) in [5.41, 5.74) is 1.69. The van der Waals surface area contributed by atoms with Crippen LogP contribution in [0.15, 0.2) is 80.1 Å². The van der Waals surface area contributed by atoms with Crippen molar-refractivity contribution < 1.29 is 13.9 Å². The van der Waals surface area contributed by atoms with E-state index < -0.39 is 12.0 Å². The third-order valence-corrected chi connectivity index (χ3v) is 7.69. The lowest BCUT2D eigenvalue weighted by Gasteiger charge is -2.25. The van der Waals surface area contributed by atoms with Crippen LogP contribution < -0.4 is 14.9 Å². The molecule has 1 aliphatic heterocycles. The number of carbonyl (C=O) groups excluding carboxylic acids is 1. The summed E-state index contributed by atoms with van der Waals surface area (Å²) in [6, 6.07) is 15.0. The Balaban J connectivity index is 1.65. The molecule has 2 aromatic carbocycles. The highest BCUT2D eigenvalue weighted by Gasteiger charge is 2.34. The van der Waals surface area contributed by atoms with Crippen molar-refractivity contribution in [2.45, 2.75) is 19.9 Å². The maximum atomic E-state index is 13.7. The number of ether oxygens (including phenoxy) is 1. The Kier molecular flexibility index (Phi) is 7.14. The molecule has 0 amide bonds. The Bertz CT molecular complexity index is 1750. The molecule has 4 aromatic rings. The molecule has 10 heteroatoms. The number of halogens is 3. The van der Waals surface area contributed by atoms with Crippen LogP contribution in [0.3, 0.4) is 0 Å². The molecule has 6 nitrogen and oxygen atoms in total. The summed E-state index contributed by atoms with van der Waals surface area (Å²) in [6.07, 6.45) is 1.64. The molecule has 188 valence electrons. The molecule has 0 aliphatic carbocycles. The number of hydrogen-bond acceptors (Lipinski definition) is 6. The van der Waals surface area contributed by atoms with Crippen molar-refractivity contribution in [1.82, 2.24) is 4.57 Å². The minimum absolute atomic E-state index is 0.188. The van der Waals surface area contributed by atoms with Gasteiger partial charge < -0.3 is 9.15 Å². The van der Waals surface area contributed by atoms with E-state index in [0.717, 1.165) is 0 Å². The minimum atomic E-state index is -0.786. The summed E-state index contributed by atoms with van der Waals surface area (Å²) >= 11 is 20.0. The van der Waals surface area contributed by atoms with Gasteiger partial charge in [-0.25, -0.2) is 9.79 Å². The first-order valence-electron chi connectivity index (χ1n) is 11.3. The highest BCUT2D eigenvalue weighted by atomic mass is 35.5. The number of thiazole rings is 1. The number of nitrogens with zero attached hydrogens (tertiary/aromatic N) is 2. The summed E-state index contributed by atoms with van der Waals surface area (Å²) in [6.45, 7) is 3.64. The van der Waals surface area contributed by atoms with Gasteiger partial charge >= 0.3 is 5.97 Å². The van der Waals surface area contributed by atoms with Gasteiger partial charge in [0, 0.05) is 21.7 Å². The fourth-order valence-electron chi connectivity index (χ4n) is 4.18. The second-order valence-electron chi connectivity index (χ2n) is 8.15. The molecular formula is C27H19Cl3N2O4S. The zero-order chi connectivity index (χ0) is 26.3. The molecule has 5 rings (SSSR count). The number of benzene rings is 2. The number of rotatable bonds is 5. The van der Waals surface area contributed by atoms with Crippen LogP contribution in [0.2, 0.25) is 15.1 Å². The van der Waals surface area contributed by atoms with Gasteiger partial charge in [-0.2, -0.15) is 0 Å². The Morgan fingerprint density at radius 3 is 2.65 bits per heavy atom. The molecule has 0 N–H and O–H groups in total. The maximum Gasteiger partial charge on any atom is 0.338 e. The van der Waals surface area contributed by atoms with Gasteiger partial charge in [0.25, 0.3) is 5.56 Å². The topological polar surface area (TPSA) is 73.8 Å². The number of aromatic nitrogens is 1. The second kappa shape index (κ2) is 10.3. The largest absolute Gasteiger partial charge is 0.463 e. The average Bonchev–Trinajstić information content (AvgIpc) is 3.43. The Labute approximate surface area is 230 Å². The monoisotopic (exact) mass is 572 g/mol. The Hall–Kier alpha value is -3.10. The number of esters is 1. The first-order chi connectivity index (χ1) is 17.8. The zero-order valence-corrected chi connectivity index (χ0v) is 22.7. The standard InChI is InChI=1S/C27H19Cl3N2O4S/c1-3-35-26(34)23-14(2)31-27-32(24(23)18-6-4-5-7-19(18)29)25(33)22(37-27)13-16-9-11-21(36-16)17-10-8-15(28)12-20(17)30/h4-13,24H,3H2,1-2H3/b22-13-. The van der Waals surface area contributed by atoms with E-state index in [-0.39, 0.29) is 17.7 Å². The molecule has 0 radical (unpaired) electrons. The number of carbonyl (C=O) groups is 1. The van der Waals surface area contributed by atoms with Crippen molar-refractivity contribution in [2.24, 2.45) is 4.99 Å². The summed E-state index contributed by atoms with van der Waals surface area (Å²) in [4.78, 5) is 31.7. The lowest BCUT2D eigenvalue weighted by molar-refractivity contribution is -0.139. The van der Waals surface area contributed by atoms with Gasteiger partial charge in [-0.3, -0.25) is 9.36 Å². The van der Waals surface area contributed by atoms with E-state index in [1.54, 1.807) is 74.5 Å². The van der Waals surface area contributed by atoms with E-state index in [2.05, 4.69) is 4.99 Å². The van der Waals surface area contributed by atoms with Crippen molar-refractivity contribution in [3.05, 3.63) is 112 Å². The summed E-state index contributed by atoms with van der Waals surface area (Å²) < 4.78 is 13.1. The molecule has 0 fully saturated rings. The summed E-state index contributed by atoms with van der Waals surface area (Å²) in [5.74, 6) is 0.454. The fourth-order valence-corrected chi connectivity index (χ4v) is 5.94. The lowest BCUT2D eigenvalue weighted by Crippen LogP contribution is -2.40. The predicted molar refractivity (Wildman–Crippen MR) is 146 cm³/mol. The average molecular weight is 574 g/mol. The van der Waals surface area contributed by atoms with Gasteiger partial charge in [0.1, 0.15) is 17.6 Å². The lowest BCUT2D eigenvalue weighted by atomic mass is 9.96. The molecule has 0 saturated heterocycles. The van der Waals surface area contributed by atoms with E-state index in [0.29, 0.717) is 52.7 Å². The van der Waals surface area contributed by atoms with E-state index in [4.69, 9.17) is 44.0 Å². The van der Waals surface area contributed by atoms with Crippen LogP contribution in [0, 0.1) is 0 Å². The molecule has 1 atom stereocenters. The first-order valence-corrected chi connectivity index (χ1v) is 13.2. The van der Waals surface area contributed by atoms with Crippen molar-refractivity contribution >= 4 is 58.2 Å². The normalized spacial score (nSPS) is 15.5. The molecular weight excluding hydrogens is 555 g/mol. The van der Waals surface area contributed by atoms with E-state index in [1.165, 1.54) is 15.9 Å². The van der Waals surface area contributed by atoms with Crippen molar-refractivity contribution in [2.75, 3.05) is 6.61 Å². The van der Waals surface area contributed by atoms with Crippen LogP contribution in [0.25, 0.3) is 17.4 Å². The molecule has 1 aliphatic rings. The Morgan fingerprint density at radius 2 is 1.92 bits per heavy atom. The van der Waals surface area contributed by atoms with Crippen LogP contribution in [0.4, 0.5) is 0 Å². The third kappa shape index (κ3) is 4.80. The Morgan fingerprint density at radius 1 is 1.14 bits per heavy atom. The number of furan rings is 1. The van der Waals surface area contributed by atoms with Crippen LogP contribution in [-0.4, -0.2) is 17.1 Å². The summed E-state index contributed by atoms with van der Waals surface area (Å²) in [7, 11) is 0. The molecule has 2 aromatic heterocycles. The first kappa shape index (κ1) is 25.5. The highest BCUT2D eigenvalue weighted by molar-refractivity contribution is 7.07. The number of hydrogen-bond donors (Lipinski definition) is 0. The molecule has 0 saturated carbocycles. The minimum Gasteiger partial charge on any atom is -0.463 e. The van der Waals surface area contributed by atoms with Gasteiger partial charge in [0.2, 0.25) is 0 Å². The highest BCUT2D eigenvalue weighted by Crippen LogP contribution is 2.35. The van der Waals surface area contributed by atoms with Crippen LogP contribution in [0.1, 0.15) is 31.2 Å². The van der Waals surface area contributed by atoms with E-state index in [9.17, 15) is 9.59 Å².